The summed E-state index contributed by atoms with van der Waals surface area (Å²) in [4.78, 5) is 5.10. The maximum absolute atomic E-state index is 2.55. The van der Waals surface area contributed by atoms with Crippen LogP contribution >= 0.6 is 0 Å². The van der Waals surface area contributed by atoms with Crippen molar-refractivity contribution in [2.75, 3.05) is 9.80 Å². The van der Waals surface area contributed by atoms with Gasteiger partial charge in [-0.1, -0.05) is 234 Å². The van der Waals surface area contributed by atoms with Gasteiger partial charge in [0.1, 0.15) is 0 Å². The largest absolute Gasteiger partial charge is 0.309 e. The summed E-state index contributed by atoms with van der Waals surface area (Å²) < 4.78 is 0. The Morgan fingerprint density at radius 1 is 0.236 bits per heavy atom. The molecule has 0 aliphatic heterocycles. The van der Waals surface area contributed by atoms with Crippen molar-refractivity contribution in [2.24, 2.45) is 0 Å². The van der Waals surface area contributed by atoms with Gasteiger partial charge in [-0.3, -0.25) is 0 Å². The van der Waals surface area contributed by atoms with Gasteiger partial charge in [0, 0.05) is 33.0 Å². The maximum atomic E-state index is 2.55. The minimum absolute atomic E-state index is 0.246. The first kappa shape index (κ1) is 44.5. The van der Waals surface area contributed by atoms with Crippen molar-refractivity contribution in [1.29, 1.82) is 0 Å². The molecule has 12 rings (SSSR count). The zero-order valence-electron chi connectivity index (χ0n) is 41.3. The van der Waals surface area contributed by atoms with Gasteiger partial charge in [-0.15, -0.1) is 0 Å². The molecule has 346 valence electrons. The van der Waals surface area contributed by atoms with Crippen molar-refractivity contribution in [1.82, 2.24) is 0 Å². The number of benzene rings is 12. The molecule has 0 heterocycles. The third-order valence-corrected chi connectivity index (χ3v) is 14.6. The van der Waals surface area contributed by atoms with E-state index < -0.39 is 0 Å². The Kier molecular flexibility index (Phi) is 11.7. The lowest BCUT2D eigenvalue weighted by Crippen LogP contribution is -2.14. The topological polar surface area (TPSA) is 6.48 Å². The molecule has 0 unspecified atom stereocenters. The van der Waals surface area contributed by atoms with Crippen LogP contribution in [0.1, 0.15) is 50.7 Å². The Labute approximate surface area is 424 Å². The normalized spacial score (nSPS) is 11.6. The number of anilines is 6. The molecule has 0 saturated carbocycles. The standard InChI is InChI=1S/C70H56N2/c1-47(2)59-45-61-67(71(63-37-21-17-33-53(63)49-25-9-5-10-26-49)64-38-22-18-34-54(64)50-27-11-6-12-28-50)44-42-58-60(48(3)4)46-62-68(43-41-57(59)69(62)70(58)61)72(65-39-23-19-35-55(65)51-29-13-7-14-30-51)66-40-24-20-36-56(66)52-31-15-8-16-32-52/h5-48H,1-4H3. The fourth-order valence-corrected chi connectivity index (χ4v) is 11.2. The highest BCUT2D eigenvalue weighted by Gasteiger charge is 2.29. The number of rotatable bonds is 12. The monoisotopic (exact) mass is 924 g/mol. The second kappa shape index (κ2) is 18.9. The molecule has 0 aliphatic carbocycles. The second-order valence-corrected chi connectivity index (χ2v) is 19.6. The van der Waals surface area contributed by atoms with E-state index in [-0.39, 0.29) is 11.8 Å². The zero-order valence-corrected chi connectivity index (χ0v) is 41.3. The van der Waals surface area contributed by atoms with E-state index in [4.69, 9.17) is 0 Å². The highest BCUT2D eigenvalue weighted by Crippen LogP contribution is 2.54. The smallest absolute Gasteiger partial charge is 0.0541 e. The van der Waals surface area contributed by atoms with Gasteiger partial charge in [-0.25, -0.2) is 0 Å². The van der Waals surface area contributed by atoms with Crippen molar-refractivity contribution in [2.45, 2.75) is 39.5 Å². The van der Waals surface area contributed by atoms with Gasteiger partial charge in [0.15, 0.2) is 0 Å². The summed E-state index contributed by atoms with van der Waals surface area (Å²) in [6.45, 7) is 9.41. The summed E-state index contributed by atoms with van der Waals surface area (Å²) in [5, 5.41) is 7.65. The molecule has 0 saturated heterocycles. The Morgan fingerprint density at radius 2 is 0.486 bits per heavy atom. The van der Waals surface area contributed by atoms with E-state index in [0.29, 0.717) is 0 Å². The number of para-hydroxylation sites is 4. The van der Waals surface area contributed by atoms with Crippen LogP contribution < -0.4 is 9.80 Å². The average Bonchev–Trinajstić information content (AvgIpc) is 3.44. The molecule has 0 N–H and O–H groups in total. The van der Waals surface area contributed by atoms with Gasteiger partial charge in [-0.2, -0.15) is 0 Å². The Hall–Kier alpha value is -8.72. The molecule has 0 aromatic heterocycles. The third-order valence-electron chi connectivity index (χ3n) is 14.6. The maximum Gasteiger partial charge on any atom is 0.0541 e. The molecule has 2 heteroatoms. The number of hydrogen-bond acceptors (Lipinski definition) is 2. The van der Waals surface area contributed by atoms with Crippen LogP contribution in [-0.2, 0) is 0 Å². The van der Waals surface area contributed by atoms with Crippen LogP contribution in [0, 0.1) is 0 Å². The molecule has 0 fully saturated rings. The van der Waals surface area contributed by atoms with E-state index in [1.54, 1.807) is 0 Å². The molecule has 12 aromatic rings. The summed E-state index contributed by atoms with van der Waals surface area (Å²) in [6.07, 6.45) is 0. The van der Waals surface area contributed by atoms with Crippen LogP contribution in [0.5, 0.6) is 0 Å². The van der Waals surface area contributed by atoms with Gasteiger partial charge in [-0.05, 0) is 115 Å². The minimum Gasteiger partial charge on any atom is -0.309 e. The van der Waals surface area contributed by atoms with Gasteiger partial charge >= 0.3 is 0 Å². The molecule has 0 bridgehead atoms. The first-order chi connectivity index (χ1) is 35.4. The van der Waals surface area contributed by atoms with Gasteiger partial charge < -0.3 is 9.80 Å². The first-order valence-electron chi connectivity index (χ1n) is 25.4. The van der Waals surface area contributed by atoms with Gasteiger partial charge in [0.25, 0.3) is 0 Å². The SMILES string of the molecule is CC(C)c1cc2c(N(c3ccccc3-c3ccccc3)c3ccccc3-c3ccccc3)ccc3c(C(C)C)cc4c(N(c5ccccc5-c5ccccc5)c5ccccc5-c5ccccc5)ccc1c4c32. The molecule has 0 atom stereocenters. The number of nitrogens with zero attached hydrogens (tertiary/aromatic N) is 2. The van der Waals surface area contributed by atoms with E-state index in [1.807, 2.05) is 0 Å². The second-order valence-electron chi connectivity index (χ2n) is 19.6. The molecule has 0 aliphatic rings. The molecule has 0 radical (unpaired) electrons. The lowest BCUT2D eigenvalue weighted by molar-refractivity contribution is 0.876. The fourth-order valence-electron chi connectivity index (χ4n) is 11.2. The van der Waals surface area contributed by atoms with Crippen LogP contribution in [0.25, 0.3) is 76.8 Å². The Bertz CT molecular complexity index is 3440. The predicted molar refractivity (Wildman–Crippen MR) is 309 cm³/mol. The summed E-state index contributed by atoms with van der Waals surface area (Å²) in [6, 6.07) is 93.8. The third kappa shape index (κ3) is 7.77. The summed E-state index contributed by atoms with van der Waals surface area (Å²) >= 11 is 0. The van der Waals surface area contributed by atoms with Crippen LogP contribution in [-0.4, -0.2) is 0 Å². The van der Waals surface area contributed by atoms with E-state index >= 15 is 0 Å². The highest BCUT2D eigenvalue weighted by molar-refractivity contribution is 6.30. The van der Waals surface area contributed by atoms with Crippen molar-refractivity contribution in [3.63, 3.8) is 0 Å². The lowest BCUT2D eigenvalue weighted by Gasteiger charge is -2.33. The first-order valence-corrected chi connectivity index (χ1v) is 25.4. The Morgan fingerprint density at radius 3 is 0.750 bits per heavy atom. The van der Waals surface area contributed by atoms with E-state index in [9.17, 15) is 0 Å². The van der Waals surface area contributed by atoms with Crippen LogP contribution in [0.4, 0.5) is 34.1 Å². The molecule has 12 aromatic carbocycles. The average molecular weight is 925 g/mol. The minimum atomic E-state index is 0.246. The van der Waals surface area contributed by atoms with Crippen molar-refractivity contribution in [3.8, 4) is 44.5 Å². The molecular weight excluding hydrogens is 869 g/mol. The molecule has 0 spiro atoms. The quantitative estimate of drug-likeness (QED) is 0.113. The Balaban J connectivity index is 1.22. The molecule has 72 heavy (non-hydrogen) atoms. The van der Waals surface area contributed by atoms with E-state index in [0.717, 1.165) is 34.1 Å². The predicted octanol–water partition coefficient (Wildman–Crippen LogP) is 20.4. The van der Waals surface area contributed by atoms with Crippen LogP contribution in [0.15, 0.2) is 255 Å². The van der Waals surface area contributed by atoms with Gasteiger partial charge in [0.05, 0.1) is 34.1 Å². The van der Waals surface area contributed by atoms with Crippen molar-refractivity contribution >= 4 is 66.4 Å². The summed E-state index contributed by atoms with van der Waals surface area (Å²) in [5.74, 6) is 0.492. The summed E-state index contributed by atoms with van der Waals surface area (Å²) in [5.41, 5.74) is 18.8. The van der Waals surface area contributed by atoms with Crippen molar-refractivity contribution < 1.29 is 0 Å². The molecular formula is C70H56N2. The van der Waals surface area contributed by atoms with E-state index in [2.05, 4.69) is 292 Å². The summed E-state index contributed by atoms with van der Waals surface area (Å²) in [7, 11) is 0. The van der Waals surface area contributed by atoms with Crippen molar-refractivity contribution in [3.05, 3.63) is 266 Å². The fraction of sp³-hybridized carbons (Fsp3) is 0.0857. The molecule has 2 nitrogen and oxygen atoms in total. The van der Waals surface area contributed by atoms with E-state index in [1.165, 1.54) is 88.0 Å². The highest BCUT2D eigenvalue weighted by atomic mass is 15.2. The van der Waals surface area contributed by atoms with Crippen LogP contribution in [0.2, 0.25) is 0 Å². The van der Waals surface area contributed by atoms with Crippen LogP contribution in [0.3, 0.4) is 0 Å². The lowest BCUT2D eigenvalue weighted by atomic mass is 9.82. The zero-order chi connectivity index (χ0) is 48.7. The number of hydrogen-bond donors (Lipinski definition) is 0. The molecule has 0 amide bonds. The van der Waals surface area contributed by atoms with Gasteiger partial charge in [0.2, 0.25) is 0 Å².